The van der Waals surface area contributed by atoms with E-state index in [0.717, 1.165) is 11.7 Å². The molecular weight excluding hydrogens is 380 g/mol. The highest BCUT2D eigenvalue weighted by Gasteiger charge is 2.32. The summed E-state index contributed by atoms with van der Waals surface area (Å²) in [5.41, 5.74) is 2.12. The number of pyridine rings is 1. The average Bonchev–Trinajstić information content (AvgIpc) is 3.14. The largest absolute Gasteiger partial charge is 0.478 e. The lowest BCUT2D eigenvalue weighted by Crippen LogP contribution is -2.36. The molecule has 0 atom stereocenters. The van der Waals surface area contributed by atoms with E-state index in [1.54, 1.807) is 35.0 Å². The van der Waals surface area contributed by atoms with Gasteiger partial charge in [0.25, 0.3) is 5.92 Å². The van der Waals surface area contributed by atoms with E-state index in [1.807, 2.05) is 18.0 Å². The first kappa shape index (κ1) is 20.6. The highest BCUT2D eigenvalue weighted by atomic mass is 19.3. The lowest BCUT2D eigenvalue weighted by atomic mass is 10.1. The molecule has 1 aromatic carbocycles. The van der Waals surface area contributed by atoms with Crippen LogP contribution in [0.3, 0.4) is 0 Å². The molecule has 8 heteroatoms. The van der Waals surface area contributed by atoms with Gasteiger partial charge >= 0.3 is 5.97 Å². The van der Waals surface area contributed by atoms with Gasteiger partial charge in [0.1, 0.15) is 5.65 Å². The maximum absolute atomic E-state index is 12.4. The third kappa shape index (κ3) is 5.03. The van der Waals surface area contributed by atoms with Crippen molar-refractivity contribution in [2.75, 3.05) is 20.1 Å². The second-order valence-corrected chi connectivity index (χ2v) is 7.00. The molecule has 0 amide bonds. The Bertz CT molecular complexity index is 1020. The van der Waals surface area contributed by atoms with Crippen molar-refractivity contribution < 1.29 is 23.5 Å². The van der Waals surface area contributed by atoms with Crippen molar-refractivity contribution >= 4 is 23.3 Å². The Labute approximate surface area is 166 Å². The average molecular weight is 401 g/mol. The molecule has 0 spiro atoms. The molecule has 1 saturated heterocycles. The lowest BCUT2D eigenvalue weighted by molar-refractivity contribution is -0.0504. The van der Waals surface area contributed by atoms with Crippen molar-refractivity contribution in [2.45, 2.75) is 18.8 Å². The summed E-state index contributed by atoms with van der Waals surface area (Å²) in [6.45, 7) is 1.07. The summed E-state index contributed by atoms with van der Waals surface area (Å²) >= 11 is 0. The van der Waals surface area contributed by atoms with Crippen molar-refractivity contribution in [1.82, 2.24) is 14.5 Å². The Morgan fingerprint density at radius 3 is 2.55 bits per heavy atom. The third-order valence-corrected chi connectivity index (χ3v) is 4.77. The molecule has 0 aliphatic carbocycles. The SMILES string of the molecule is CN1CCC(F)(F)CC1.O=Cc1cnc2c(ccn2-c2cccc(C(=O)O)c2)c1. The number of carbonyl (C=O) groups excluding carboxylic acids is 1. The molecule has 1 fully saturated rings. The number of benzene rings is 1. The number of carboxylic acids is 1. The molecule has 1 aliphatic heterocycles. The van der Waals surface area contributed by atoms with Crippen molar-refractivity contribution in [1.29, 1.82) is 0 Å². The summed E-state index contributed by atoms with van der Waals surface area (Å²) in [5, 5.41) is 9.85. The standard InChI is InChI=1S/C15H10N2O3.C6H11F2N/c18-9-10-6-11-4-5-17(14(11)16-8-10)13-3-1-2-12(7-13)15(19)20;1-9-4-2-6(7,8)3-5-9/h1-9H,(H,19,20);2-5H2,1H3. The molecule has 3 heterocycles. The number of fused-ring (bicyclic) bond motifs is 1. The summed E-state index contributed by atoms with van der Waals surface area (Å²) in [7, 11) is 1.87. The van der Waals surface area contributed by atoms with E-state index in [4.69, 9.17) is 5.11 Å². The van der Waals surface area contributed by atoms with Crippen molar-refractivity contribution in [3.05, 3.63) is 59.9 Å². The molecule has 3 aromatic rings. The number of likely N-dealkylation sites (tertiary alicyclic amines) is 1. The van der Waals surface area contributed by atoms with Crippen LogP contribution in [0.5, 0.6) is 0 Å². The number of hydrogen-bond donors (Lipinski definition) is 1. The van der Waals surface area contributed by atoms with Gasteiger partial charge in [-0.2, -0.15) is 0 Å². The molecule has 2 aromatic heterocycles. The van der Waals surface area contributed by atoms with Gasteiger partial charge in [0.15, 0.2) is 6.29 Å². The lowest BCUT2D eigenvalue weighted by Gasteiger charge is -2.28. The molecular formula is C21H21F2N3O3. The van der Waals surface area contributed by atoms with Gasteiger partial charge in [-0.15, -0.1) is 0 Å². The smallest absolute Gasteiger partial charge is 0.335 e. The Morgan fingerprint density at radius 2 is 1.93 bits per heavy atom. The number of nitrogens with zero attached hydrogens (tertiary/aromatic N) is 3. The number of hydrogen-bond acceptors (Lipinski definition) is 4. The Morgan fingerprint density at radius 1 is 1.21 bits per heavy atom. The summed E-state index contributed by atoms with van der Waals surface area (Å²) in [6, 6.07) is 10.2. The van der Waals surface area contributed by atoms with Gasteiger partial charge in [-0.05, 0) is 37.4 Å². The third-order valence-electron chi connectivity index (χ3n) is 4.77. The number of piperidine rings is 1. The summed E-state index contributed by atoms with van der Waals surface area (Å²) in [5.74, 6) is -3.36. The van der Waals surface area contributed by atoms with Crippen LogP contribution < -0.4 is 0 Å². The number of halogens is 2. The fraction of sp³-hybridized carbons (Fsp3) is 0.286. The van der Waals surface area contributed by atoms with Crippen LogP contribution in [0.2, 0.25) is 0 Å². The van der Waals surface area contributed by atoms with Crippen molar-refractivity contribution in [3.8, 4) is 5.69 Å². The maximum Gasteiger partial charge on any atom is 0.335 e. The van der Waals surface area contributed by atoms with Crippen LogP contribution >= 0.6 is 0 Å². The molecule has 1 aliphatic rings. The molecule has 0 bridgehead atoms. The van der Waals surface area contributed by atoms with E-state index >= 15 is 0 Å². The second kappa shape index (κ2) is 8.48. The van der Waals surface area contributed by atoms with Gasteiger partial charge in [-0.1, -0.05) is 6.07 Å². The predicted molar refractivity (Wildman–Crippen MR) is 105 cm³/mol. The minimum absolute atomic E-state index is 0.0312. The monoisotopic (exact) mass is 401 g/mol. The maximum atomic E-state index is 12.4. The van der Waals surface area contributed by atoms with Gasteiger partial charge in [0.2, 0.25) is 0 Å². The van der Waals surface area contributed by atoms with Crippen molar-refractivity contribution in [3.63, 3.8) is 0 Å². The number of carbonyl (C=O) groups is 2. The van der Waals surface area contributed by atoms with Gasteiger partial charge < -0.3 is 14.6 Å². The van der Waals surface area contributed by atoms with Crippen LogP contribution in [0.1, 0.15) is 33.6 Å². The highest BCUT2D eigenvalue weighted by molar-refractivity contribution is 5.89. The fourth-order valence-corrected chi connectivity index (χ4v) is 3.05. The van der Waals surface area contributed by atoms with Gasteiger partial charge in [0.05, 0.1) is 5.56 Å². The molecule has 6 nitrogen and oxygen atoms in total. The number of aromatic nitrogens is 2. The van der Waals surface area contributed by atoms with Crippen LogP contribution in [-0.4, -0.2) is 57.9 Å². The molecule has 152 valence electrons. The normalized spacial score (nSPS) is 16.1. The summed E-state index contributed by atoms with van der Waals surface area (Å²) in [6.07, 6.45) is 4.10. The first-order chi connectivity index (χ1) is 13.8. The summed E-state index contributed by atoms with van der Waals surface area (Å²) < 4.78 is 26.5. The van der Waals surface area contributed by atoms with E-state index in [1.165, 1.54) is 12.3 Å². The molecule has 0 radical (unpaired) electrons. The Balaban J connectivity index is 0.000000224. The number of aromatic carboxylic acids is 1. The zero-order chi connectivity index (χ0) is 21.0. The van der Waals surface area contributed by atoms with E-state index in [9.17, 15) is 18.4 Å². The van der Waals surface area contributed by atoms with Gasteiger partial charge in [0, 0.05) is 55.0 Å². The van der Waals surface area contributed by atoms with Crippen LogP contribution in [0.4, 0.5) is 8.78 Å². The zero-order valence-corrected chi connectivity index (χ0v) is 15.9. The van der Waals surface area contributed by atoms with Crippen LogP contribution in [0.25, 0.3) is 16.7 Å². The number of rotatable bonds is 3. The van der Waals surface area contributed by atoms with E-state index in [2.05, 4.69) is 4.98 Å². The fourth-order valence-electron chi connectivity index (χ4n) is 3.05. The quantitative estimate of drug-likeness (QED) is 0.674. The topological polar surface area (TPSA) is 75.4 Å². The number of carboxylic acid groups (broad SMARTS) is 1. The predicted octanol–water partition coefficient (Wildman–Crippen LogP) is 3.88. The number of alkyl halides is 2. The van der Waals surface area contributed by atoms with E-state index in [0.29, 0.717) is 30.0 Å². The minimum atomic E-state index is -2.38. The first-order valence-electron chi connectivity index (χ1n) is 9.11. The van der Waals surface area contributed by atoms with Crippen LogP contribution in [0.15, 0.2) is 48.8 Å². The van der Waals surface area contributed by atoms with Crippen LogP contribution in [0, 0.1) is 0 Å². The Kier molecular flexibility index (Phi) is 6.03. The van der Waals surface area contributed by atoms with Crippen molar-refractivity contribution in [2.24, 2.45) is 0 Å². The zero-order valence-electron chi connectivity index (χ0n) is 15.9. The number of aldehydes is 1. The second-order valence-electron chi connectivity index (χ2n) is 7.00. The molecule has 29 heavy (non-hydrogen) atoms. The molecule has 0 saturated carbocycles. The van der Waals surface area contributed by atoms with Crippen LogP contribution in [-0.2, 0) is 0 Å². The molecule has 1 N–H and O–H groups in total. The van der Waals surface area contributed by atoms with Gasteiger partial charge in [-0.3, -0.25) is 4.79 Å². The molecule has 4 rings (SSSR count). The molecule has 0 unspecified atom stereocenters. The first-order valence-corrected chi connectivity index (χ1v) is 9.11. The summed E-state index contributed by atoms with van der Waals surface area (Å²) in [4.78, 5) is 27.9. The van der Waals surface area contributed by atoms with E-state index < -0.39 is 11.9 Å². The van der Waals surface area contributed by atoms with E-state index in [-0.39, 0.29) is 18.4 Å². The highest BCUT2D eigenvalue weighted by Crippen LogP contribution is 2.26. The Hall–Kier alpha value is -3.13. The minimum Gasteiger partial charge on any atom is -0.478 e. The van der Waals surface area contributed by atoms with Gasteiger partial charge in [-0.25, -0.2) is 18.6 Å².